The minimum absolute atomic E-state index is 0.0870. The highest BCUT2D eigenvalue weighted by atomic mass is 32.2. The third kappa shape index (κ3) is 3.68. The lowest BCUT2D eigenvalue weighted by Crippen LogP contribution is -2.42. The molecule has 8 heteroatoms. The number of likely N-dealkylation sites (tertiary alicyclic amines) is 1. The van der Waals surface area contributed by atoms with Crippen molar-refractivity contribution in [1.82, 2.24) is 19.7 Å². The van der Waals surface area contributed by atoms with Gasteiger partial charge in [-0.2, -0.15) is 0 Å². The SMILES string of the molecule is CCn1c(SCC(=O)N2CCC(C(N)=O)CC2)nnc1C1CC1. The lowest BCUT2D eigenvalue weighted by Gasteiger charge is -2.30. The average Bonchev–Trinajstić information content (AvgIpc) is 3.32. The van der Waals surface area contributed by atoms with Crippen LogP contribution in [0, 0.1) is 5.92 Å². The first-order valence-electron chi connectivity index (χ1n) is 8.23. The number of amides is 2. The van der Waals surface area contributed by atoms with Crippen LogP contribution in [0.15, 0.2) is 5.16 Å². The molecule has 1 aromatic heterocycles. The second kappa shape index (κ2) is 6.90. The van der Waals surface area contributed by atoms with Crippen molar-refractivity contribution in [2.24, 2.45) is 11.7 Å². The first-order valence-corrected chi connectivity index (χ1v) is 9.21. The van der Waals surface area contributed by atoms with Gasteiger partial charge in [0.1, 0.15) is 5.82 Å². The molecule has 0 bridgehead atoms. The molecule has 0 atom stereocenters. The molecular weight excluding hydrogens is 314 g/mol. The molecule has 2 heterocycles. The molecule has 1 aliphatic carbocycles. The molecule has 1 aliphatic heterocycles. The van der Waals surface area contributed by atoms with Crippen molar-refractivity contribution in [3.8, 4) is 0 Å². The van der Waals surface area contributed by atoms with Crippen LogP contribution in [-0.4, -0.2) is 50.3 Å². The molecule has 7 nitrogen and oxygen atoms in total. The first kappa shape index (κ1) is 16.3. The molecule has 126 valence electrons. The summed E-state index contributed by atoms with van der Waals surface area (Å²) in [5, 5.41) is 9.36. The van der Waals surface area contributed by atoms with Gasteiger partial charge in [0.15, 0.2) is 5.16 Å². The van der Waals surface area contributed by atoms with Crippen molar-refractivity contribution >= 4 is 23.6 Å². The summed E-state index contributed by atoms with van der Waals surface area (Å²) in [6, 6.07) is 0. The van der Waals surface area contributed by atoms with Gasteiger partial charge in [-0.15, -0.1) is 10.2 Å². The standard InChI is InChI=1S/C15H23N5O2S/c1-2-20-14(11-3-4-11)17-18-15(20)23-9-12(21)19-7-5-10(6-8-19)13(16)22/h10-11H,2-9H2,1H3,(H2,16,22). The highest BCUT2D eigenvalue weighted by Crippen LogP contribution is 2.40. The number of hydrogen-bond acceptors (Lipinski definition) is 5. The number of piperidine rings is 1. The molecule has 0 unspecified atom stereocenters. The van der Waals surface area contributed by atoms with E-state index in [0.29, 0.717) is 37.6 Å². The maximum atomic E-state index is 12.3. The number of aromatic nitrogens is 3. The molecule has 0 radical (unpaired) electrons. The zero-order chi connectivity index (χ0) is 16.4. The van der Waals surface area contributed by atoms with Crippen LogP contribution in [0.5, 0.6) is 0 Å². The molecule has 1 aromatic rings. The summed E-state index contributed by atoms with van der Waals surface area (Å²) in [5.41, 5.74) is 5.32. The fraction of sp³-hybridized carbons (Fsp3) is 0.733. The Bertz CT molecular complexity index is 591. The van der Waals surface area contributed by atoms with E-state index in [4.69, 9.17) is 5.73 Å². The van der Waals surface area contributed by atoms with Gasteiger partial charge in [0.05, 0.1) is 5.75 Å². The molecule has 0 spiro atoms. The number of carbonyl (C=O) groups is 2. The number of hydrogen-bond donors (Lipinski definition) is 1. The molecule has 2 aliphatic rings. The van der Waals surface area contributed by atoms with E-state index in [1.54, 1.807) is 0 Å². The molecule has 23 heavy (non-hydrogen) atoms. The van der Waals surface area contributed by atoms with E-state index in [2.05, 4.69) is 21.7 Å². The molecule has 2 amide bonds. The quantitative estimate of drug-likeness (QED) is 0.781. The van der Waals surface area contributed by atoms with Crippen LogP contribution in [0.4, 0.5) is 0 Å². The Morgan fingerprint density at radius 1 is 1.22 bits per heavy atom. The molecule has 2 N–H and O–H groups in total. The summed E-state index contributed by atoms with van der Waals surface area (Å²) in [6.45, 7) is 4.14. The van der Waals surface area contributed by atoms with E-state index in [9.17, 15) is 9.59 Å². The van der Waals surface area contributed by atoms with Crippen LogP contribution in [0.25, 0.3) is 0 Å². The summed E-state index contributed by atoms with van der Waals surface area (Å²) >= 11 is 1.45. The highest BCUT2D eigenvalue weighted by Gasteiger charge is 2.30. The van der Waals surface area contributed by atoms with Crippen LogP contribution in [0.3, 0.4) is 0 Å². The fourth-order valence-electron chi connectivity index (χ4n) is 2.98. The number of nitrogens with zero attached hydrogens (tertiary/aromatic N) is 4. The number of nitrogens with two attached hydrogens (primary N) is 1. The summed E-state index contributed by atoms with van der Waals surface area (Å²) in [4.78, 5) is 25.3. The average molecular weight is 337 g/mol. The molecular formula is C15H23N5O2S. The molecule has 1 saturated carbocycles. The van der Waals surface area contributed by atoms with E-state index >= 15 is 0 Å². The number of carbonyl (C=O) groups excluding carboxylic acids is 2. The third-order valence-corrected chi connectivity index (χ3v) is 5.53. The smallest absolute Gasteiger partial charge is 0.233 e. The Kier molecular flexibility index (Phi) is 4.89. The summed E-state index contributed by atoms with van der Waals surface area (Å²) in [5.74, 6) is 1.73. The molecule has 3 rings (SSSR count). The number of primary amides is 1. The van der Waals surface area contributed by atoms with Crippen LogP contribution >= 0.6 is 11.8 Å². The third-order valence-electron chi connectivity index (χ3n) is 4.58. The normalized spacial score (nSPS) is 19.1. The van der Waals surface area contributed by atoms with Gasteiger partial charge in [0.2, 0.25) is 11.8 Å². The van der Waals surface area contributed by atoms with Crippen LogP contribution < -0.4 is 5.73 Å². The lowest BCUT2D eigenvalue weighted by molar-refractivity contribution is -0.132. The largest absolute Gasteiger partial charge is 0.369 e. The van der Waals surface area contributed by atoms with Crippen molar-refractivity contribution in [2.75, 3.05) is 18.8 Å². The Morgan fingerprint density at radius 3 is 2.48 bits per heavy atom. The highest BCUT2D eigenvalue weighted by molar-refractivity contribution is 7.99. The summed E-state index contributed by atoms with van der Waals surface area (Å²) < 4.78 is 2.12. The Labute approximate surface area is 140 Å². The predicted octanol–water partition coefficient (Wildman–Crippen LogP) is 0.991. The van der Waals surface area contributed by atoms with Crippen molar-refractivity contribution in [3.05, 3.63) is 5.82 Å². The number of rotatable bonds is 6. The van der Waals surface area contributed by atoms with Crippen molar-refractivity contribution in [1.29, 1.82) is 0 Å². The first-order chi connectivity index (χ1) is 11.1. The fourth-order valence-corrected chi connectivity index (χ4v) is 3.89. The van der Waals surface area contributed by atoms with Gasteiger partial charge in [-0.3, -0.25) is 9.59 Å². The van der Waals surface area contributed by atoms with E-state index < -0.39 is 0 Å². The molecule has 0 aromatic carbocycles. The monoisotopic (exact) mass is 337 g/mol. The minimum atomic E-state index is -0.255. The minimum Gasteiger partial charge on any atom is -0.369 e. The molecule has 1 saturated heterocycles. The van der Waals surface area contributed by atoms with Crippen LogP contribution in [0.1, 0.15) is 44.3 Å². The Morgan fingerprint density at radius 2 is 1.91 bits per heavy atom. The van der Waals surface area contributed by atoms with Gasteiger partial charge in [-0.05, 0) is 32.6 Å². The second-order valence-electron chi connectivity index (χ2n) is 6.21. The van der Waals surface area contributed by atoms with E-state index in [0.717, 1.165) is 17.5 Å². The van der Waals surface area contributed by atoms with Gasteiger partial charge < -0.3 is 15.2 Å². The van der Waals surface area contributed by atoms with Crippen LogP contribution in [0.2, 0.25) is 0 Å². The topological polar surface area (TPSA) is 94.1 Å². The van der Waals surface area contributed by atoms with Gasteiger partial charge in [-0.25, -0.2) is 0 Å². The van der Waals surface area contributed by atoms with Gasteiger partial charge in [-0.1, -0.05) is 11.8 Å². The zero-order valence-corrected chi connectivity index (χ0v) is 14.2. The zero-order valence-electron chi connectivity index (χ0n) is 13.4. The Balaban J connectivity index is 1.52. The lowest BCUT2D eigenvalue weighted by atomic mass is 9.96. The van der Waals surface area contributed by atoms with Crippen molar-refractivity contribution < 1.29 is 9.59 Å². The summed E-state index contributed by atoms with van der Waals surface area (Å²) in [6.07, 6.45) is 3.72. The molecule has 2 fully saturated rings. The maximum Gasteiger partial charge on any atom is 0.233 e. The van der Waals surface area contributed by atoms with E-state index in [1.165, 1.54) is 24.6 Å². The number of thioether (sulfide) groups is 1. The Hall–Kier alpha value is -1.57. The predicted molar refractivity (Wildman–Crippen MR) is 86.9 cm³/mol. The van der Waals surface area contributed by atoms with Crippen LogP contribution in [-0.2, 0) is 16.1 Å². The van der Waals surface area contributed by atoms with E-state index in [1.807, 2.05) is 4.90 Å². The maximum absolute atomic E-state index is 12.3. The van der Waals surface area contributed by atoms with E-state index in [-0.39, 0.29) is 17.7 Å². The van der Waals surface area contributed by atoms with Crippen molar-refractivity contribution in [2.45, 2.75) is 50.2 Å². The summed E-state index contributed by atoms with van der Waals surface area (Å²) in [7, 11) is 0. The van der Waals surface area contributed by atoms with Gasteiger partial charge >= 0.3 is 0 Å². The van der Waals surface area contributed by atoms with Gasteiger partial charge in [0, 0.05) is 31.5 Å². The van der Waals surface area contributed by atoms with Gasteiger partial charge in [0.25, 0.3) is 0 Å². The van der Waals surface area contributed by atoms with Crippen molar-refractivity contribution in [3.63, 3.8) is 0 Å². The second-order valence-corrected chi connectivity index (χ2v) is 7.15.